The number of rotatable bonds is 5. The van der Waals surface area contributed by atoms with E-state index in [0.29, 0.717) is 23.5 Å². The summed E-state index contributed by atoms with van der Waals surface area (Å²) in [7, 11) is 0. The Kier molecular flexibility index (Phi) is 5.35. The molecular formula is C19H25ClN2O3. The van der Waals surface area contributed by atoms with E-state index in [9.17, 15) is 9.59 Å². The van der Waals surface area contributed by atoms with E-state index < -0.39 is 5.60 Å². The van der Waals surface area contributed by atoms with E-state index in [1.54, 1.807) is 36.9 Å². The first kappa shape index (κ1) is 18.2. The summed E-state index contributed by atoms with van der Waals surface area (Å²) in [5.41, 5.74) is 0.262. The fourth-order valence-electron chi connectivity index (χ4n) is 3.46. The number of carbonyl (C=O) groups excluding carboxylic acids is 2. The second kappa shape index (κ2) is 7.34. The lowest BCUT2D eigenvalue weighted by atomic mass is 10.0. The van der Waals surface area contributed by atoms with Gasteiger partial charge in [-0.2, -0.15) is 0 Å². The predicted octanol–water partition coefficient (Wildman–Crippen LogP) is 3.10. The van der Waals surface area contributed by atoms with Gasteiger partial charge < -0.3 is 14.5 Å². The lowest BCUT2D eigenvalue weighted by molar-refractivity contribution is -0.132. The fraction of sp³-hybridized carbons (Fsp3) is 0.579. The highest BCUT2D eigenvalue weighted by Crippen LogP contribution is 2.38. The zero-order valence-electron chi connectivity index (χ0n) is 14.9. The van der Waals surface area contributed by atoms with Gasteiger partial charge in [-0.1, -0.05) is 6.42 Å². The van der Waals surface area contributed by atoms with Gasteiger partial charge in [0.25, 0.3) is 5.91 Å². The molecule has 2 aliphatic heterocycles. The van der Waals surface area contributed by atoms with Crippen molar-refractivity contribution in [1.29, 1.82) is 0 Å². The Morgan fingerprint density at radius 1 is 1.20 bits per heavy atom. The van der Waals surface area contributed by atoms with Gasteiger partial charge in [-0.15, -0.1) is 11.6 Å². The largest absolute Gasteiger partial charge is 0.476 e. The van der Waals surface area contributed by atoms with E-state index in [1.165, 1.54) is 19.3 Å². The van der Waals surface area contributed by atoms with Crippen LogP contribution in [0, 0.1) is 0 Å². The highest BCUT2D eigenvalue weighted by atomic mass is 35.5. The number of hydrogen-bond acceptors (Lipinski definition) is 4. The van der Waals surface area contributed by atoms with Crippen LogP contribution in [0.1, 0.15) is 43.5 Å². The molecule has 0 spiro atoms. The maximum atomic E-state index is 12.9. The van der Waals surface area contributed by atoms with Crippen LogP contribution in [-0.4, -0.2) is 54.3 Å². The summed E-state index contributed by atoms with van der Waals surface area (Å²) >= 11 is 5.67. The van der Waals surface area contributed by atoms with Gasteiger partial charge >= 0.3 is 0 Å². The van der Waals surface area contributed by atoms with E-state index >= 15 is 0 Å². The van der Waals surface area contributed by atoms with E-state index in [-0.39, 0.29) is 17.6 Å². The average Bonchev–Trinajstić information content (AvgIpc) is 2.62. The minimum Gasteiger partial charge on any atom is -0.476 e. The number of Topliss-reactive ketones (excluding diaryl/α,β-unsaturated/α-hetero) is 1. The fourth-order valence-corrected chi connectivity index (χ4v) is 3.62. The van der Waals surface area contributed by atoms with Gasteiger partial charge in [-0.05, 0) is 58.0 Å². The van der Waals surface area contributed by atoms with Crippen LogP contribution in [0.5, 0.6) is 5.75 Å². The zero-order chi connectivity index (χ0) is 18.0. The number of anilines is 1. The molecule has 0 saturated carbocycles. The second-order valence-corrected chi connectivity index (χ2v) is 7.48. The van der Waals surface area contributed by atoms with Crippen LogP contribution in [0.15, 0.2) is 18.2 Å². The monoisotopic (exact) mass is 364 g/mol. The Hall–Kier alpha value is -1.59. The van der Waals surface area contributed by atoms with Crippen molar-refractivity contribution in [2.45, 2.75) is 38.7 Å². The van der Waals surface area contributed by atoms with Crippen molar-refractivity contribution < 1.29 is 14.3 Å². The number of fused-ring (bicyclic) bond motifs is 1. The van der Waals surface area contributed by atoms with Crippen molar-refractivity contribution in [2.24, 2.45) is 0 Å². The standard InChI is InChI=1S/C19H25ClN2O3/c1-19(2)18(24)22(11-10-21-8-4-3-5-9-21)15-12-14(16(23)13-20)6-7-17(15)25-19/h6-7,12H,3-5,8-11,13H2,1-2H3. The van der Waals surface area contributed by atoms with Gasteiger partial charge in [-0.3, -0.25) is 9.59 Å². The first-order chi connectivity index (χ1) is 11.9. The lowest BCUT2D eigenvalue weighted by Gasteiger charge is -2.40. The molecule has 0 bridgehead atoms. The molecule has 3 rings (SSSR count). The maximum Gasteiger partial charge on any atom is 0.270 e. The van der Waals surface area contributed by atoms with Crippen molar-refractivity contribution in [2.75, 3.05) is 37.0 Å². The molecule has 5 nitrogen and oxygen atoms in total. The summed E-state index contributed by atoms with van der Waals surface area (Å²) in [4.78, 5) is 29.0. The van der Waals surface area contributed by atoms with Crippen LogP contribution < -0.4 is 9.64 Å². The summed E-state index contributed by atoms with van der Waals surface area (Å²) in [5, 5.41) is 0. The molecule has 0 atom stereocenters. The van der Waals surface area contributed by atoms with Crippen molar-refractivity contribution in [3.8, 4) is 5.75 Å². The average molecular weight is 365 g/mol. The molecule has 2 heterocycles. The number of benzene rings is 1. The molecule has 0 aromatic heterocycles. The number of nitrogens with zero attached hydrogens (tertiary/aromatic N) is 2. The van der Waals surface area contributed by atoms with Gasteiger partial charge in [0.15, 0.2) is 11.4 Å². The quantitative estimate of drug-likeness (QED) is 0.595. The number of carbonyl (C=O) groups is 2. The number of alkyl halides is 1. The Balaban J connectivity index is 1.86. The number of amides is 1. The summed E-state index contributed by atoms with van der Waals surface area (Å²) in [6.07, 6.45) is 3.72. The Morgan fingerprint density at radius 2 is 1.92 bits per heavy atom. The van der Waals surface area contributed by atoms with Crippen LogP contribution in [0.2, 0.25) is 0 Å². The molecule has 0 radical (unpaired) electrons. The third-order valence-corrected chi connectivity index (χ3v) is 5.15. The molecule has 136 valence electrons. The Morgan fingerprint density at radius 3 is 2.60 bits per heavy atom. The van der Waals surface area contributed by atoms with E-state index in [0.717, 1.165) is 19.6 Å². The van der Waals surface area contributed by atoms with Crippen molar-refractivity contribution in [3.63, 3.8) is 0 Å². The molecule has 25 heavy (non-hydrogen) atoms. The van der Waals surface area contributed by atoms with Gasteiger partial charge in [0, 0.05) is 18.7 Å². The molecule has 6 heteroatoms. The van der Waals surface area contributed by atoms with Gasteiger partial charge in [0.05, 0.1) is 11.6 Å². The number of ether oxygens (including phenoxy) is 1. The summed E-state index contributed by atoms with van der Waals surface area (Å²) in [6.45, 7) is 7.15. The Labute approximate surface area is 153 Å². The molecular weight excluding hydrogens is 340 g/mol. The minimum atomic E-state index is -0.910. The molecule has 0 N–H and O–H groups in total. The van der Waals surface area contributed by atoms with Crippen molar-refractivity contribution in [1.82, 2.24) is 4.90 Å². The molecule has 0 aliphatic carbocycles. The summed E-state index contributed by atoms with van der Waals surface area (Å²) < 4.78 is 5.87. The van der Waals surface area contributed by atoms with Crippen LogP contribution in [0.25, 0.3) is 0 Å². The highest BCUT2D eigenvalue weighted by molar-refractivity contribution is 6.30. The molecule has 1 saturated heterocycles. The predicted molar refractivity (Wildman–Crippen MR) is 98.8 cm³/mol. The van der Waals surface area contributed by atoms with Gasteiger partial charge in [0.2, 0.25) is 0 Å². The first-order valence-corrected chi connectivity index (χ1v) is 9.42. The third-order valence-electron chi connectivity index (χ3n) is 4.91. The minimum absolute atomic E-state index is 0.0764. The van der Waals surface area contributed by atoms with Crippen LogP contribution in [0.4, 0.5) is 5.69 Å². The normalized spacial score (nSPS) is 20.1. The van der Waals surface area contributed by atoms with Gasteiger partial charge in [0.1, 0.15) is 5.75 Å². The molecule has 2 aliphatic rings. The third kappa shape index (κ3) is 3.82. The van der Waals surface area contributed by atoms with Crippen molar-refractivity contribution in [3.05, 3.63) is 23.8 Å². The molecule has 1 aromatic carbocycles. The second-order valence-electron chi connectivity index (χ2n) is 7.21. The molecule has 1 aromatic rings. The van der Waals surface area contributed by atoms with Gasteiger partial charge in [-0.25, -0.2) is 0 Å². The first-order valence-electron chi connectivity index (χ1n) is 8.89. The topological polar surface area (TPSA) is 49.9 Å². The van der Waals surface area contributed by atoms with Crippen LogP contribution in [-0.2, 0) is 4.79 Å². The molecule has 0 unspecified atom stereocenters. The maximum absolute atomic E-state index is 12.9. The SMILES string of the molecule is CC1(C)Oc2ccc(C(=O)CCl)cc2N(CCN2CCCCC2)C1=O. The molecule has 1 fully saturated rings. The van der Waals surface area contributed by atoms with E-state index in [4.69, 9.17) is 16.3 Å². The lowest BCUT2D eigenvalue weighted by Crippen LogP contribution is -2.54. The van der Waals surface area contributed by atoms with E-state index in [1.807, 2.05) is 0 Å². The Bertz CT molecular complexity index is 669. The summed E-state index contributed by atoms with van der Waals surface area (Å²) in [5.74, 6) is 0.326. The van der Waals surface area contributed by atoms with Crippen LogP contribution >= 0.6 is 11.6 Å². The van der Waals surface area contributed by atoms with E-state index in [2.05, 4.69) is 4.90 Å². The van der Waals surface area contributed by atoms with Crippen LogP contribution in [0.3, 0.4) is 0 Å². The number of piperidine rings is 1. The molecule has 1 amide bonds. The number of hydrogen-bond donors (Lipinski definition) is 0. The zero-order valence-corrected chi connectivity index (χ0v) is 15.6. The number of likely N-dealkylation sites (tertiary alicyclic amines) is 1. The van der Waals surface area contributed by atoms with Crippen molar-refractivity contribution >= 4 is 29.0 Å². The number of ketones is 1. The highest BCUT2D eigenvalue weighted by Gasteiger charge is 2.41. The number of halogens is 1. The summed E-state index contributed by atoms with van der Waals surface area (Å²) in [6, 6.07) is 5.19. The smallest absolute Gasteiger partial charge is 0.270 e.